The van der Waals surface area contributed by atoms with Gasteiger partial charge in [0.1, 0.15) is 0 Å². The van der Waals surface area contributed by atoms with E-state index < -0.39 is 5.97 Å². The molecule has 0 aromatic rings. The summed E-state index contributed by atoms with van der Waals surface area (Å²) in [6.07, 6.45) is 0. The van der Waals surface area contributed by atoms with Gasteiger partial charge >= 0.3 is 5.97 Å². The molecule has 18 heavy (non-hydrogen) atoms. The van der Waals surface area contributed by atoms with Crippen LogP contribution in [0.15, 0.2) is 0 Å². The molecule has 0 unspecified atom stereocenters. The summed E-state index contributed by atoms with van der Waals surface area (Å²) in [5.41, 5.74) is 0. The number of carbonyl (C=O) groups is 3. The zero-order chi connectivity index (χ0) is 13.7. The molecule has 0 aromatic heterocycles. The molecule has 6 nitrogen and oxygen atoms in total. The van der Waals surface area contributed by atoms with Crippen LogP contribution in [0.25, 0.3) is 0 Å². The van der Waals surface area contributed by atoms with Crippen LogP contribution in [-0.4, -0.2) is 60.4 Å². The third-order valence-corrected chi connectivity index (χ3v) is 2.84. The molecule has 1 rings (SSSR count). The third-order valence-electron chi connectivity index (χ3n) is 2.84. The van der Waals surface area contributed by atoms with Gasteiger partial charge in [-0.05, 0) is 0 Å². The first-order chi connectivity index (χ1) is 8.41. The maximum Gasteiger partial charge on any atom is 0.303 e. The highest BCUT2D eigenvalue weighted by Crippen LogP contribution is 2.07. The predicted molar refractivity (Wildman–Crippen MR) is 64.6 cm³/mol. The van der Waals surface area contributed by atoms with Gasteiger partial charge in [0.25, 0.3) is 5.91 Å². The highest BCUT2D eigenvalue weighted by Gasteiger charge is 2.25. The second-order valence-corrected chi connectivity index (χ2v) is 4.64. The molecule has 6 heteroatoms. The molecule has 0 saturated carbocycles. The molecule has 0 N–H and O–H groups in total. The topological polar surface area (TPSA) is 66.9 Å². The standard InChI is InChI=1S/C12H20N2O4/c1-9(2)12(17)14-6-4-13(5-7-14)11(16)8-18-10(3)15/h9H,4-8H2,1-3H3. The lowest BCUT2D eigenvalue weighted by molar-refractivity contribution is -0.152. The number of nitrogens with zero attached hydrogens (tertiary/aromatic N) is 2. The van der Waals surface area contributed by atoms with Crippen molar-refractivity contribution in [3.8, 4) is 0 Å². The van der Waals surface area contributed by atoms with Gasteiger partial charge < -0.3 is 14.5 Å². The molecule has 0 atom stereocenters. The van der Waals surface area contributed by atoms with Crippen LogP contribution in [0.5, 0.6) is 0 Å². The van der Waals surface area contributed by atoms with Crippen LogP contribution in [0.3, 0.4) is 0 Å². The van der Waals surface area contributed by atoms with E-state index >= 15 is 0 Å². The van der Waals surface area contributed by atoms with Crippen molar-refractivity contribution in [2.24, 2.45) is 5.92 Å². The molecule has 1 heterocycles. The van der Waals surface area contributed by atoms with Gasteiger partial charge in [-0.25, -0.2) is 0 Å². The van der Waals surface area contributed by atoms with Gasteiger partial charge in [0.15, 0.2) is 6.61 Å². The van der Waals surface area contributed by atoms with Gasteiger partial charge in [0.05, 0.1) is 0 Å². The first-order valence-electron chi connectivity index (χ1n) is 6.11. The molecule has 0 aromatic carbocycles. The van der Waals surface area contributed by atoms with Gasteiger partial charge in [0, 0.05) is 39.0 Å². The maximum absolute atomic E-state index is 11.7. The van der Waals surface area contributed by atoms with E-state index in [0.717, 1.165) is 0 Å². The first-order valence-corrected chi connectivity index (χ1v) is 6.11. The lowest BCUT2D eigenvalue weighted by Crippen LogP contribution is -2.52. The molecule has 1 aliphatic rings. The lowest BCUT2D eigenvalue weighted by Gasteiger charge is -2.35. The molecule has 0 spiro atoms. The van der Waals surface area contributed by atoms with E-state index in [4.69, 9.17) is 0 Å². The summed E-state index contributed by atoms with van der Waals surface area (Å²) in [4.78, 5) is 37.4. The number of hydrogen-bond acceptors (Lipinski definition) is 4. The quantitative estimate of drug-likeness (QED) is 0.660. The monoisotopic (exact) mass is 256 g/mol. The van der Waals surface area contributed by atoms with Crippen LogP contribution in [0.1, 0.15) is 20.8 Å². The predicted octanol–water partition coefficient (Wildman–Crippen LogP) is -0.124. The summed E-state index contributed by atoms with van der Waals surface area (Å²) < 4.78 is 4.66. The largest absolute Gasteiger partial charge is 0.456 e. The fraction of sp³-hybridized carbons (Fsp3) is 0.750. The number of esters is 1. The highest BCUT2D eigenvalue weighted by atomic mass is 16.5. The second-order valence-electron chi connectivity index (χ2n) is 4.64. The Morgan fingerprint density at radius 1 is 1.06 bits per heavy atom. The molecule has 0 radical (unpaired) electrons. The van der Waals surface area contributed by atoms with Crippen molar-refractivity contribution in [3.63, 3.8) is 0 Å². The van der Waals surface area contributed by atoms with Gasteiger partial charge in [-0.2, -0.15) is 0 Å². The average Bonchev–Trinajstić information content (AvgIpc) is 2.35. The fourth-order valence-electron chi connectivity index (χ4n) is 1.80. The molecule has 2 amide bonds. The number of piperazine rings is 1. The molecular formula is C12H20N2O4. The van der Waals surface area contributed by atoms with Crippen molar-refractivity contribution >= 4 is 17.8 Å². The van der Waals surface area contributed by atoms with Crippen LogP contribution in [0, 0.1) is 5.92 Å². The normalized spacial score (nSPS) is 15.8. The van der Waals surface area contributed by atoms with Crippen molar-refractivity contribution < 1.29 is 19.1 Å². The SMILES string of the molecule is CC(=O)OCC(=O)N1CCN(C(=O)C(C)C)CC1. The summed E-state index contributed by atoms with van der Waals surface area (Å²) in [6, 6.07) is 0. The molecule has 1 saturated heterocycles. The molecular weight excluding hydrogens is 236 g/mol. The molecule has 102 valence electrons. The summed E-state index contributed by atoms with van der Waals surface area (Å²) in [5, 5.41) is 0. The maximum atomic E-state index is 11.7. The number of hydrogen-bond donors (Lipinski definition) is 0. The zero-order valence-corrected chi connectivity index (χ0v) is 11.1. The number of ether oxygens (including phenoxy) is 1. The van der Waals surface area contributed by atoms with Crippen molar-refractivity contribution in [2.45, 2.75) is 20.8 Å². The number of rotatable bonds is 3. The Kier molecular flexibility index (Phi) is 5.12. The Morgan fingerprint density at radius 3 is 2.00 bits per heavy atom. The first kappa shape index (κ1) is 14.5. The highest BCUT2D eigenvalue weighted by molar-refractivity contribution is 5.81. The summed E-state index contributed by atoms with van der Waals surface area (Å²) in [6.45, 7) is 6.86. The Balaban J connectivity index is 2.37. The fourth-order valence-corrected chi connectivity index (χ4v) is 1.80. The van der Waals surface area contributed by atoms with Gasteiger partial charge in [-0.15, -0.1) is 0 Å². The van der Waals surface area contributed by atoms with Gasteiger partial charge in [0.2, 0.25) is 5.91 Å². The minimum Gasteiger partial charge on any atom is -0.456 e. The summed E-state index contributed by atoms with van der Waals surface area (Å²) in [7, 11) is 0. The van der Waals surface area contributed by atoms with E-state index in [0.29, 0.717) is 26.2 Å². The number of amides is 2. The Labute approximate surface area is 107 Å². The van der Waals surface area contributed by atoms with E-state index in [9.17, 15) is 14.4 Å². The minimum atomic E-state index is -0.461. The summed E-state index contributed by atoms with van der Waals surface area (Å²) >= 11 is 0. The lowest BCUT2D eigenvalue weighted by atomic mass is 10.1. The van der Waals surface area contributed by atoms with Crippen LogP contribution in [-0.2, 0) is 19.1 Å². The summed E-state index contributed by atoms with van der Waals surface area (Å²) in [5.74, 6) is -0.575. The van der Waals surface area contributed by atoms with E-state index in [2.05, 4.69) is 4.74 Å². The van der Waals surface area contributed by atoms with Crippen molar-refractivity contribution in [3.05, 3.63) is 0 Å². The third kappa shape index (κ3) is 4.01. The molecule has 1 aliphatic heterocycles. The minimum absolute atomic E-state index is 0.0201. The zero-order valence-electron chi connectivity index (χ0n) is 11.1. The Hall–Kier alpha value is -1.59. The molecule has 0 bridgehead atoms. The van der Waals surface area contributed by atoms with Gasteiger partial charge in [-0.1, -0.05) is 13.8 Å². The number of carbonyl (C=O) groups excluding carboxylic acids is 3. The Bertz CT molecular complexity index is 333. The average molecular weight is 256 g/mol. The Morgan fingerprint density at radius 2 is 1.56 bits per heavy atom. The van der Waals surface area contributed by atoms with E-state index in [1.165, 1.54) is 6.92 Å². The van der Waals surface area contributed by atoms with Crippen LogP contribution in [0.4, 0.5) is 0 Å². The van der Waals surface area contributed by atoms with Crippen molar-refractivity contribution in [1.29, 1.82) is 0 Å². The van der Waals surface area contributed by atoms with E-state index in [1.54, 1.807) is 9.80 Å². The van der Waals surface area contributed by atoms with Crippen molar-refractivity contribution in [1.82, 2.24) is 9.80 Å². The van der Waals surface area contributed by atoms with Gasteiger partial charge in [-0.3, -0.25) is 14.4 Å². The van der Waals surface area contributed by atoms with Crippen LogP contribution < -0.4 is 0 Å². The van der Waals surface area contributed by atoms with Crippen LogP contribution >= 0.6 is 0 Å². The van der Waals surface area contributed by atoms with Crippen molar-refractivity contribution in [2.75, 3.05) is 32.8 Å². The van der Waals surface area contributed by atoms with E-state index in [-0.39, 0.29) is 24.3 Å². The second kappa shape index (κ2) is 6.37. The van der Waals surface area contributed by atoms with E-state index in [1.807, 2.05) is 13.8 Å². The molecule has 1 fully saturated rings. The smallest absolute Gasteiger partial charge is 0.303 e. The molecule has 0 aliphatic carbocycles. The van der Waals surface area contributed by atoms with Crippen LogP contribution in [0.2, 0.25) is 0 Å².